The van der Waals surface area contributed by atoms with Crippen molar-refractivity contribution < 1.29 is 27.1 Å². The van der Waals surface area contributed by atoms with Crippen LogP contribution in [0.5, 0.6) is 0 Å². The zero-order valence-electron chi connectivity index (χ0n) is 22.4. The zero-order valence-corrected chi connectivity index (χ0v) is 23.4. The number of likely N-dealkylation sites (N-methyl/N-ethyl adjacent to an activating group) is 1. The van der Waals surface area contributed by atoms with E-state index < -0.39 is 31.8 Å². The molecule has 0 spiro atoms. The molecule has 0 aromatic heterocycles. The number of halogens is 3. The van der Waals surface area contributed by atoms with Crippen LogP contribution in [-0.4, -0.2) is 44.1 Å². The van der Waals surface area contributed by atoms with E-state index in [4.69, 9.17) is 9.16 Å². The fourth-order valence-corrected chi connectivity index (χ4v) is 5.59. The average molecular weight is 502 g/mol. The number of aryl methyl sites for hydroxylation is 1. The lowest BCUT2D eigenvalue weighted by Crippen LogP contribution is -2.54. The number of hydrogen-bond donors (Lipinski definition) is 0. The number of rotatable bonds is 4. The standard InChI is InChI=1S/C26H42F3NO3Si/c1-17-13-19(15-20(14-17)26(27,28)29)18-11-12-22(33-34(9,10)25(5,6)7)21(16-18)30(8)23(31)32-24(2,3)4/h13-15,18,21-22H,11-12,16H2,1-10H3/t18-,21-,22?/m0/s1. The number of ether oxygens (including phenoxy) is 1. The second-order valence-corrected chi connectivity index (χ2v) is 17.0. The highest BCUT2D eigenvalue weighted by Gasteiger charge is 2.45. The summed E-state index contributed by atoms with van der Waals surface area (Å²) in [6.07, 6.45) is -3.13. The third-order valence-electron chi connectivity index (χ3n) is 7.08. The predicted molar refractivity (Wildman–Crippen MR) is 133 cm³/mol. The molecule has 34 heavy (non-hydrogen) atoms. The third-order valence-corrected chi connectivity index (χ3v) is 11.6. The van der Waals surface area contributed by atoms with Gasteiger partial charge in [0, 0.05) is 7.05 Å². The zero-order chi connectivity index (χ0) is 26.3. The summed E-state index contributed by atoms with van der Waals surface area (Å²) in [5.41, 5.74) is -0.0192. The summed E-state index contributed by atoms with van der Waals surface area (Å²) in [4.78, 5) is 14.6. The molecule has 1 aromatic rings. The Morgan fingerprint density at radius 1 is 1.03 bits per heavy atom. The van der Waals surface area contributed by atoms with Crippen LogP contribution < -0.4 is 0 Å². The highest BCUT2D eigenvalue weighted by molar-refractivity contribution is 6.74. The maximum absolute atomic E-state index is 13.5. The van der Waals surface area contributed by atoms with Crippen LogP contribution >= 0.6 is 0 Å². The smallest absolute Gasteiger partial charge is 0.416 e. The molecule has 1 aliphatic carbocycles. The highest BCUT2D eigenvalue weighted by Crippen LogP contribution is 2.43. The lowest BCUT2D eigenvalue weighted by atomic mass is 9.78. The van der Waals surface area contributed by atoms with Gasteiger partial charge in [0.2, 0.25) is 0 Å². The normalized spacial score (nSPS) is 22.4. The van der Waals surface area contributed by atoms with Crippen LogP contribution in [0.1, 0.15) is 83.4 Å². The van der Waals surface area contributed by atoms with Crippen molar-refractivity contribution in [2.75, 3.05) is 7.05 Å². The molecule has 0 heterocycles. The van der Waals surface area contributed by atoms with Gasteiger partial charge < -0.3 is 14.1 Å². The third kappa shape index (κ3) is 7.23. The first-order valence-corrected chi connectivity index (χ1v) is 14.9. The van der Waals surface area contributed by atoms with Gasteiger partial charge in [-0.2, -0.15) is 13.2 Å². The molecule has 4 nitrogen and oxygen atoms in total. The van der Waals surface area contributed by atoms with E-state index in [2.05, 4.69) is 33.9 Å². The lowest BCUT2D eigenvalue weighted by Gasteiger charge is -2.46. The first-order valence-electron chi connectivity index (χ1n) is 12.0. The van der Waals surface area contributed by atoms with E-state index in [1.54, 1.807) is 18.9 Å². The van der Waals surface area contributed by atoms with Crippen molar-refractivity contribution in [3.05, 3.63) is 34.9 Å². The number of amides is 1. The Morgan fingerprint density at radius 3 is 2.12 bits per heavy atom. The lowest BCUT2D eigenvalue weighted by molar-refractivity contribution is -0.137. The molecular weight excluding hydrogens is 459 g/mol. The van der Waals surface area contributed by atoms with E-state index in [0.717, 1.165) is 0 Å². The van der Waals surface area contributed by atoms with Crippen LogP contribution in [0.2, 0.25) is 18.1 Å². The Bertz CT molecular complexity index is 872. The molecule has 194 valence electrons. The van der Waals surface area contributed by atoms with E-state index in [-0.39, 0.29) is 23.1 Å². The number of carbonyl (C=O) groups excluding carboxylic acids is 1. The molecule has 0 aliphatic heterocycles. The Labute approximate surface area is 204 Å². The van der Waals surface area contributed by atoms with Gasteiger partial charge in [-0.05, 0) is 88.7 Å². The van der Waals surface area contributed by atoms with E-state index in [0.29, 0.717) is 30.4 Å². The highest BCUT2D eigenvalue weighted by atomic mass is 28.4. The van der Waals surface area contributed by atoms with E-state index >= 15 is 0 Å². The number of carbonyl (C=O) groups is 1. The summed E-state index contributed by atoms with van der Waals surface area (Å²) in [6, 6.07) is 3.98. The Hall–Kier alpha value is -1.54. The van der Waals surface area contributed by atoms with Gasteiger partial charge in [-0.1, -0.05) is 32.4 Å². The van der Waals surface area contributed by atoms with Gasteiger partial charge in [0.25, 0.3) is 0 Å². The van der Waals surface area contributed by atoms with Crippen molar-refractivity contribution in [1.29, 1.82) is 0 Å². The maximum Gasteiger partial charge on any atom is 0.416 e. The second-order valence-electron chi connectivity index (χ2n) is 12.2. The van der Waals surface area contributed by atoms with Gasteiger partial charge in [-0.15, -0.1) is 0 Å². The molecule has 8 heteroatoms. The quantitative estimate of drug-likeness (QED) is 0.394. The fourth-order valence-electron chi connectivity index (χ4n) is 4.20. The van der Waals surface area contributed by atoms with Crippen LogP contribution in [0.4, 0.5) is 18.0 Å². The van der Waals surface area contributed by atoms with Crippen LogP contribution in [0.25, 0.3) is 0 Å². The van der Waals surface area contributed by atoms with Crippen LogP contribution in [0.3, 0.4) is 0 Å². The molecule has 3 atom stereocenters. The molecule has 1 aromatic carbocycles. The first kappa shape index (κ1) is 28.7. The summed E-state index contributed by atoms with van der Waals surface area (Å²) in [5.74, 6) is -0.102. The van der Waals surface area contributed by atoms with E-state index in [9.17, 15) is 18.0 Å². The number of benzene rings is 1. The molecule has 1 amide bonds. The molecular formula is C26H42F3NO3Si. The minimum Gasteiger partial charge on any atom is -0.444 e. The predicted octanol–water partition coefficient (Wildman–Crippen LogP) is 7.91. The summed E-state index contributed by atoms with van der Waals surface area (Å²) in [7, 11) is -0.424. The Morgan fingerprint density at radius 2 is 1.62 bits per heavy atom. The van der Waals surface area contributed by atoms with Gasteiger partial charge in [0.15, 0.2) is 8.32 Å². The molecule has 1 unspecified atom stereocenters. The monoisotopic (exact) mass is 501 g/mol. The van der Waals surface area contributed by atoms with Gasteiger partial charge in [0.05, 0.1) is 17.7 Å². The summed E-state index contributed by atoms with van der Waals surface area (Å²) >= 11 is 0. The van der Waals surface area contributed by atoms with Gasteiger partial charge >= 0.3 is 12.3 Å². The Balaban J connectivity index is 2.39. The SMILES string of the molecule is Cc1cc([C@H]2CCC(O[Si](C)(C)C(C)(C)C)[C@@H](N(C)C(=O)OC(C)(C)C)C2)cc(C(F)(F)F)c1. The molecule has 1 saturated carbocycles. The fraction of sp³-hybridized carbons (Fsp3) is 0.731. The Kier molecular flexibility index (Phi) is 8.30. The molecule has 2 rings (SSSR count). The van der Waals surface area contributed by atoms with Crippen LogP contribution in [0, 0.1) is 6.92 Å². The maximum atomic E-state index is 13.5. The molecule has 1 aliphatic rings. The van der Waals surface area contributed by atoms with Crippen molar-refractivity contribution in [1.82, 2.24) is 4.90 Å². The average Bonchev–Trinajstić information content (AvgIpc) is 2.64. The second kappa shape index (κ2) is 9.84. The molecule has 0 radical (unpaired) electrons. The van der Waals surface area contributed by atoms with Crippen molar-refractivity contribution in [3.8, 4) is 0 Å². The molecule has 0 N–H and O–H groups in total. The number of nitrogens with zero attached hydrogens (tertiary/aromatic N) is 1. The summed E-state index contributed by atoms with van der Waals surface area (Å²) < 4.78 is 52.7. The van der Waals surface area contributed by atoms with Crippen molar-refractivity contribution in [2.45, 2.75) is 116 Å². The van der Waals surface area contributed by atoms with Gasteiger partial charge in [-0.3, -0.25) is 0 Å². The number of alkyl halides is 3. The van der Waals surface area contributed by atoms with Crippen LogP contribution in [0.15, 0.2) is 18.2 Å². The van der Waals surface area contributed by atoms with E-state index in [1.807, 2.05) is 26.8 Å². The first-order chi connectivity index (χ1) is 15.2. The molecule has 1 fully saturated rings. The summed E-state index contributed by atoms with van der Waals surface area (Å²) in [6.45, 7) is 18.0. The van der Waals surface area contributed by atoms with Crippen molar-refractivity contribution in [2.24, 2.45) is 0 Å². The number of hydrogen-bond acceptors (Lipinski definition) is 3. The van der Waals surface area contributed by atoms with Gasteiger partial charge in [-0.25, -0.2) is 4.79 Å². The topological polar surface area (TPSA) is 38.8 Å². The minimum absolute atomic E-state index is 0.00294. The minimum atomic E-state index is -4.39. The molecule has 0 saturated heterocycles. The summed E-state index contributed by atoms with van der Waals surface area (Å²) in [5, 5.41) is -0.00294. The van der Waals surface area contributed by atoms with Gasteiger partial charge in [0.1, 0.15) is 5.60 Å². The van der Waals surface area contributed by atoms with Crippen molar-refractivity contribution >= 4 is 14.4 Å². The van der Waals surface area contributed by atoms with Crippen molar-refractivity contribution in [3.63, 3.8) is 0 Å². The van der Waals surface area contributed by atoms with E-state index in [1.165, 1.54) is 12.1 Å². The van der Waals surface area contributed by atoms with Crippen LogP contribution in [-0.2, 0) is 15.3 Å². The largest absolute Gasteiger partial charge is 0.444 e. The molecule has 0 bridgehead atoms.